The standard InChI is InChI=1S/C14H20FN3O/c1-2-18(12-7-3-10(15)4-8-12)9-13(14(16)19)17-11-5-6-11/h3-4,7-8,11,13,17H,2,5-6,9H2,1H3,(H2,16,19). The predicted molar refractivity (Wildman–Crippen MR) is 73.4 cm³/mol. The number of carbonyl (C=O) groups is 1. The molecule has 0 spiro atoms. The zero-order valence-corrected chi connectivity index (χ0v) is 11.1. The second-order valence-electron chi connectivity index (χ2n) is 4.91. The van der Waals surface area contributed by atoms with Crippen LogP contribution >= 0.6 is 0 Å². The van der Waals surface area contributed by atoms with Gasteiger partial charge in [-0.2, -0.15) is 0 Å². The number of nitrogens with one attached hydrogen (secondary N) is 1. The van der Waals surface area contributed by atoms with E-state index in [9.17, 15) is 9.18 Å². The fraction of sp³-hybridized carbons (Fsp3) is 0.500. The number of rotatable bonds is 7. The van der Waals surface area contributed by atoms with Crippen molar-refractivity contribution in [1.82, 2.24) is 5.32 Å². The van der Waals surface area contributed by atoms with Crippen molar-refractivity contribution in [3.05, 3.63) is 30.1 Å². The van der Waals surface area contributed by atoms with Crippen LogP contribution in [0.2, 0.25) is 0 Å². The average Bonchev–Trinajstić information content (AvgIpc) is 3.19. The molecule has 1 aromatic carbocycles. The second kappa shape index (κ2) is 6.02. The van der Waals surface area contributed by atoms with Gasteiger partial charge in [0.25, 0.3) is 0 Å². The van der Waals surface area contributed by atoms with Gasteiger partial charge in [0.2, 0.25) is 5.91 Å². The zero-order valence-electron chi connectivity index (χ0n) is 11.1. The van der Waals surface area contributed by atoms with E-state index >= 15 is 0 Å². The molecule has 0 bridgehead atoms. The topological polar surface area (TPSA) is 58.4 Å². The second-order valence-corrected chi connectivity index (χ2v) is 4.91. The van der Waals surface area contributed by atoms with Crippen molar-refractivity contribution < 1.29 is 9.18 Å². The summed E-state index contributed by atoms with van der Waals surface area (Å²) < 4.78 is 12.9. The van der Waals surface area contributed by atoms with Crippen molar-refractivity contribution in [3.63, 3.8) is 0 Å². The molecule has 1 atom stereocenters. The molecule has 4 nitrogen and oxygen atoms in total. The first-order valence-corrected chi connectivity index (χ1v) is 6.66. The number of likely N-dealkylation sites (N-methyl/N-ethyl adjacent to an activating group) is 1. The Bertz CT molecular complexity index is 431. The van der Waals surface area contributed by atoms with Gasteiger partial charge in [0, 0.05) is 24.8 Å². The van der Waals surface area contributed by atoms with E-state index in [1.807, 2.05) is 11.8 Å². The monoisotopic (exact) mass is 265 g/mol. The molecule has 1 aliphatic carbocycles. The lowest BCUT2D eigenvalue weighted by molar-refractivity contribution is -0.119. The highest BCUT2D eigenvalue weighted by molar-refractivity contribution is 5.80. The van der Waals surface area contributed by atoms with Crippen LogP contribution in [0.1, 0.15) is 19.8 Å². The summed E-state index contributed by atoms with van der Waals surface area (Å²) in [5.74, 6) is -0.602. The molecule has 5 heteroatoms. The van der Waals surface area contributed by atoms with Gasteiger partial charge >= 0.3 is 0 Å². The van der Waals surface area contributed by atoms with Crippen LogP contribution < -0.4 is 16.0 Å². The Morgan fingerprint density at radius 3 is 2.58 bits per heavy atom. The van der Waals surface area contributed by atoms with Crippen LogP contribution in [-0.2, 0) is 4.79 Å². The molecule has 104 valence electrons. The summed E-state index contributed by atoms with van der Waals surface area (Å²) in [5, 5.41) is 3.25. The highest BCUT2D eigenvalue weighted by Gasteiger charge is 2.28. The molecule has 1 aliphatic rings. The van der Waals surface area contributed by atoms with Crippen LogP contribution in [0.3, 0.4) is 0 Å². The van der Waals surface area contributed by atoms with Gasteiger partial charge < -0.3 is 16.0 Å². The minimum atomic E-state index is -0.363. The van der Waals surface area contributed by atoms with E-state index in [1.165, 1.54) is 12.1 Å². The third-order valence-corrected chi connectivity index (χ3v) is 3.33. The number of benzene rings is 1. The quantitative estimate of drug-likeness (QED) is 0.780. The van der Waals surface area contributed by atoms with Crippen molar-refractivity contribution in [1.29, 1.82) is 0 Å². The summed E-state index contributed by atoms with van der Waals surface area (Å²) >= 11 is 0. The first-order valence-electron chi connectivity index (χ1n) is 6.66. The van der Waals surface area contributed by atoms with E-state index in [0.717, 1.165) is 25.1 Å². The molecule has 0 aliphatic heterocycles. The number of anilines is 1. The van der Waals surface area contributed by atoms with E-state index in [-0.39, 0.29) is 17.8 Å². The number of primary amides is 1. The van der Waals surface area contributed by atoms with Gasteiger partial charge in [-0.05, 0) is 44.0 Å². The van der Waals surface area contributed by atoms with Gasteiger partial charge in [-0.3, -0.25) is 4.79 Å². The van der Waals surface area contributed by atoms with Gasteiger partial charge in [-0.1, -0.05) is 0 Å². The van der Waals surface area contributed by atoms with Gasteiger partial charge in [0.05, 0.1) is 0 Å². The summed E-state index contributed by atoms with van der Waals surface area (Å²) in [4.78, 5) is 13.5. The molecule has 0 saturated heterocycles. The lowest BCUT2D eigenvalue weighted by Crippen LogP contribution is -2.50. The summed E-state index contributed by atoms with van der Waals surface area (Å²) in [6.45, 7) is 3.24. The molecule has 1 amide bonds. The lowest BCUT2D eigenvalue weighted by Gasteiger charge is -2.27. The number of nitrogens with two attached hydrogens (primary N) is 1. The normalized spacial score (nSPS) is 16.1. The Hall–Kier alpha value is -1.62. The Morgan fingerprint density at radius 1 is 1.47 bits per heavy atom. The lowest BCUT2D eigenvalue weighted by atomic mass is 10.2. The maximum Gasteiger partial charge on any atom is 0.236 e. The molecule has 1 fully saturated rings. The number of amides is 1. The van der Waals surface area contributed by atoms with E-state index in [0.29, 0.717) is 12.6 Å². The van der Waals surface area contributed by atoms with Crippen LogP contribution in [-0.4, -0.2) is 31.1 Å². The molecular formula is C14H20FN3O. The van der Waals surface area contributed by atoms with Crippen molar-refractivity contribution >= 4 is 11.6 Å². The Kier molecular flexibility index (Phi) is 4.37. The maximum absolute atomic E-state index is 12.9. The molecule has 0 radical (unpaired) electrons. The molecule has 2 rings (SSSR count). The summed E-state index contributed by atoms with van der Waals surface area (Å²) in [7, 11) is 0. The molecule has 1 saturated carbocycles. The molecular weight excluding hydrogens is 245 g/mol. The van der Waals surface area contributed by atoms with Crippen LogP contribution in [0.5, 0.6) is 0 Å². The van der Waals surface area contributed by atoms with E-state index in [1.54, 1.807) is 12.1 Å². The molecule has 0 heterocycles. The molecule has 0 aromatic heterocycles. The third kappa shape index (κ3) is 3.92. The molecule has 3 N–H and O–H groups in total. The summed E-state index contributed by atoms with van der Waals surface area (Å²) in [5.41, 5.74) is 6.33. The number of hydrogen-bond donors (Lipinski definition) is 2. The summed E-state index contributed by atoms with van der Waals surface area (Å²) in [6.07, 6.45) is 2.21. The van der Waals surface area contributed by atoms with E-state index < -0.39 is 0 Å². The maximum atomic E-state index is 12.9. The van der Waals surface area contributed by atoms with Crippen LogP contribution in [0.25, 0.3) is 0 Å². The van der Waals surface area contributed by atoms with Crippen molar-refractivity contribution in [3.8, 4) is 0 Å². The van der Waals surface area contributed by atoms with Crippen molar-refractivity contribution in [2.75, 3.05) is 18.0 Å². The predicted octanol–water partition coefficient (Wildman–Crippen LogP) is 1.26. The Balaban J connectivity index is 2.03. The fourth-order valence-electron chi connectivity index (χ4n) is 2.05. The van der Waals surface area contributed by atoms with Gasteiger partial charge in [-0.15, -0.1) is 0 Å². The van der Waals surface area contributed by atoms with Crippen LogP contribution in [0.15, 0.2) is 24.3 Å². The van der Waals surface area contributed by atoms with Crippen LogP contribution in [0.4, 0.5) is 10.1 Å². The fourth-order valence-corrected chi connectivity index (χ4v) is 2.05. The Labute approximate surface area is 112 Å². The number of nitrogens with zero attached hydrogens (tertiary/aromatic N) is 1. The SMILES string of the molecule is CCN(CC(NC1CC1)C(N)=O)c1ccc(F)cc1. The van der Waals surface area contributed by atoms with Crippen LogP contribution in [0, 0.1) is 5.82 Å². The number of hydrogen-bond acceptors (Lipinski definition) is 3. The van der Waals surface area contributed by atoms with Crippen molar-refractivity contribution in [2.24, 2.45) is 5.73 Å². The summed E-state index contributed by atoms with van der Waals surface area (Å²) in [6, 6.07) is 6.33. The third-order valence-electron chi connectivity index (χ3n) is 3.33. The van der Waals surface area contributed by atoms with E-state index in [4.69, 9.17) is 5.73 Å². The molecule has 19 heavy (non-hydrogen) atoms. The first kappa shape index (κ1) is 13.8. The smallest absolute Gasteiger partial charge is 0.236 e. The van der Waals surface area contributed by atoms with Gasteiger partial charge in [0.1, 0.15) is 11.9 Å². The largest absolute Gasteiger partial charge is 0.370 e. The minimum absolute atomic E-state index is 0.262. The highest BCUT2D eigenvalue weighted by Crippen LogP contribution is 2.20. The minimum Gasteiger partial charge on any atom is -0.370 e. The van der Waals surface area contributed by atoms with Gasteiger partial charge in [0.15, 0.2) is 0 Å². The van der Waals surface area contributed by atoms with Crippen molar-refractivity contribution in [2.45, 2.75) is 31.8 Å². The average molecular weight is 265 g/mol. The first-order chi connectivity index (χ1) is 9.10. The zero-order chi connectivity index (χ0) is 13.8. The van der Waals surface area contributed by atoms with Gasteiger partial charge in [-0.25, -0.2) is 4.39 Å². The van der Waals surface area contributed by atoms with E-state index in [2.05, 4.69) is 5.32 Å². The Morgan fingerprint density at radius 2 is 2.11 bits per heavy atom. The molecule has 1 aromatic rings. The number of carbonyl (C=O) groups excluding carboxylic acids is 1. The number of halogens is 1. The highest BCUT2D eigenvalue weighted by atomic mass is 19.1. The molecule has 1 unspecified atom stereocenters.